The smallest absolute Gasteiger partial charge is 0.411 e. The molecule has 1 amide bonds. The van der Waals surface area contributed by atoms with E-state index in [0.717, 1.165) is 18.7 Å². The lowest BCUT2D eigenvalue weighted by Crippen LogP contribution is -2.38. The summed E-state index contributed by atoms with van der Waals surface area (Å²) in [5, 5.41) is 6.06. The zero-order valence-electron chi connectivity index (χ0n) is 10.7. The maximum atomic E-state index is 11.6. The Labute approximate surface area is 108 Å². The monoisotopic (exact) mass is 248 g/mol. The number of carbonyl (C=O) groups excluding carboxylic acids is 1. The minimum atomic E-state index is -0.383. The Morgan fingerprint density at radius 3 is 2.83 bits per heavy atom. The Balaban J connectivity index is 1.73. The number of amides is 1. The van der Waals surface area contributed by atoms with Crippen molar-refractivity contribution in [2.75, 3.05) is 18.5 Å². The van der Waals surface area contributed by atoms with Crippen LogP contribution in [0.4, 0.5) is 10.5 Å². The molecule has 0 aliphatic carbocycles. The molecule has 1 heterocycles. The molecule has 1 unspecified atom stereocenters. The average molecular weight is 248 g/mol. The molecule has 4 nitrogen and oxygen atoms in total. The molecule has 1 aliphatic rings. The van der Waals surface area contributed by atoms with Crippen molar-refractivity contribution in [3.63, 3.8) is 0 Å². The highest BCUT2D eigenvalue weighted by molar-refractivity contribution is 5.84. The first-order valence-electron chi connectivity index (χ1n) is 6.48. The first-order valence-corrected chi connectivity index (χ1v) is 6.48. The van der Waals surface area contributed by atoms with Crippen molar-refractivity contribution in [2.24, 2.45) is 0 Å². The summed E-state index contributed by atoms with van der Waals surface area (Å²) < 4.78 is 5.20. The molecule has 0 saturated carbocycles. The fourth-order valence-electron chi connectivity index (χ4n) is 2.03. The molecular weight excluding hydrogens is 228 g/mol. The molecule has 2 rings (SSSR count). The summed E-state index contributed by atoms with van der Waals surface area (Å²) in [6.45, 7) is 3.47. The lowest BCUT2D eigenvalue weighted by Gasteiger charge is -2.22. The van der Waals surface area contributed by atoms with E-state index in [9.17, 15) is 4.79 Å². The first kappa shape index (κ1) is 12.9. The third-order valence-electron chi connectivity index (χ3n) is 3.13. The van der Waals surface area contributed by atoms with Crippen LogP contribution in [0.15, 0.2) is 24.3 Å². The van der Waals surface area contributed by atoms with Gasteiger partial charge in [-0.15, -0.1) is 0 Å². The second-order valence-corrected chi connectivity index (χ2v) is 4.74. The van der Waals surface area contributed by atoms with Crippen LogP contribution in [0.1, 0.15) is 24.8 Å². The lowest BCUT2D eigenvalue weighted by atomic mass is 10.1. The number of rotatable bonds is 3. The molecule has 1 aliphatic heterocycles. The van der Waals surface area contributed by atoms with Crippen molar-refractivity contribution in [2.45, 2.75) is 32.2 Å². The molecule has 1 aromatic carbocycles. The second kappa shape index (κ2) is 6.40. The van der Waals surface area contributed by atoms with E-state index in [-0.39, 0.29) is 6.09 Å². The van der Waals surface area contributed by atoms with Crippen LogP contribution in [0, 0.1) is 6.92 Å². The van der Waals surface area contributed by atoms with Gasteiger partial charge in [-0.2, -0.15) is 0 Å². The van der Waals surface area contributed by atoms with E-state index in [1.807, 2.05) is 31.2 Å². The van der Waals surface area contributed by atoms with Gasteiger partial charge >= 0.3 is 6.09 Å². The Hall–Kier alpha value is -1.55. The summed E-state index contributed by atoms with van der Waals surface area (Å²) in [5.41, 5.74) is 1.93. The van der Waals surface area contributed by atoms with E-state index in [2.05, 4.69) is 10.6 Å². The predicted molar refractivity (Wildman–Crippen MR) is 71.8 cm³/mol. The van der Waals surface area contributed by atoms with E-state index in [1.165, 1.54) is 18.4 Å². The molecule has 0 bridgehead atoms. The minimum absolute atomic E-state index is 0.308. The number of aryl methyl sites for hydroxylation is 1. The van der Waals surface area contributed by atoms with Crippen LogP contribution in [0.25, 0.3) is 0 Å². The van der Waals surface area contributed by atoms with Gasteiger partial charge in [0.05, 0.1) is 0 Å². The molecule has 18 heavy (non-hydrogen) atoms. The van der Waals surface area contributed by atoms with Crippen LogP contribution in [0.3, 0.4) is 0 Å². The van der Waals surface area contributed by atoms with Crippen molar-refractivity contribution in [1.29, 1.82) is 0 Å². The topological polar surface area (TPSA) is 50.4 Å². The number of hydrogen-bond acceptors (Lipinski definition) is 3. The number of nitrogens with one attached hydrogen (secondary N) is 2. The summed E-state index contributed by atoms with van der Waals surface area (Å²) >= 11 is 0. The zero-order chi connectivity index (χ0) is 12.8. The standard InChI is InChI=1S/C14H20N2O2/c1-11-5-7-12(8-6-11)16-14(17)18-10-13-4-2-3-9-15-13/h5-8,13,15H,2-4,9-10H2,1H3,(H,16,17). The van der Waals surface area contributed by atoms with Crippen LogP contribution >= 0.6 is 0 Å². The third-order valence-corrected chi connectivity index (χ3v) is 3.13. The van der Waals surface area contributed by atoms with Crippen LogP contribution in [0.5, 0.6) is 0 Å². The van der Waals surface area contributed by atoms with Gasteiger partial charge < -0.3 is 10.1 Å². The van der Waals surface area contributed by atoms with Crippen LogP contribution in [-0.4, -0.2) is 25.3 Å². The Bertz CT molecular complexity index is 383. The van der Waals surface area contributed by atoms with Crippen molar-refractivity contribution in [3.05, 3.63) is 29.8 Å². The summed E-state index contributed by atoms with van der Waals surface area (Å²) in [5.74, 6) is 0. The largest absolute Gasteiger partial charge is 0.448 e. The summed E-state index contributed by atoms with van der Waals surface area (Å²) in [4.78, 5) is 11.6. The van der Waals surface area contributed by atoms with Gasteiger partial charge in [0.15, 0.2) is 0 Å². The van der Waals surface area contributed by atoms with Crippen molar-refractivity contribution >= 4 is 11.8 Å². The molecule has 0 aromatic heterocycles. The summed E-state index contributed by atoms with van der Waals surface area (Å²) in [6, 6.07) is 7.96. The van der Waals surface area contributed by atoms with Crippen molar-refractivity contribution in [3.8, 4) is 0 Å². The molecule has 0 spiro atoms. The highest BCUT2D eigenvalue weighted by Gasteiger charge is 2.14. The van der Waals surface area contributed by atoms with Crippen molar-refractivity contribution < 1.29 is 9.53 Å². The first-order chi connectivity index (χ1) is 8.74. The lowest BCUT2D eigenvalue weighted by molar-refractivity contribution is 0.141. The number of hydrogen-bond donors (Lipinski definition) is 2. The second-order valence-electron chi connectivity index (χ2n) is 4.74. The maximum absolute atomic E-state index is 11.6. The fraction of sp³-hybridized carbons (Fsp3) is 0.500. The highest BCUT2D eigenvalue weighted by Crippen LogP contribution is 2.10. The van der Waals surface area contributed by atoms with E-state index < -0.39 is 0 Å². The Morgan fingerprint density at radius 2 is 2.17 bits per heavy atom. The van der Waals surface area contributed by atoms with Gasteiger partial charge in [-0.25, -0.2) is 4.79 Å². The quantitative estimate of drug-likeness (QED) is 0.864. The summed E-state index contributed by atoms with van der Waals surface area (Å²) in [6.07, 6.45) is 3.12. The molecule has 0 radical (unpaired) electrons. The highest BCUT2D eigenvalue weighted by atomic mass is 16.5. The van der Waals surface area contributed by atoms with Gasteiger partial charge in [0.2, 0.25) is 0 Å². The maximum Gasteiger partial charge on any atom is 0.411 e. The normalized spacial score (nSPS) is 19.3. The molecule has 1 aromatic rings. The minimum Gasteiger partial charge on any atom is -0.448 e. The molecule has 2 N–H and O–H groups in total. The van der Waals surface area contributed by atoms with Crippen molar-refractivity contribution in [1.82, 2.24) is 5.32 Å². The molecular formula is C14H20N2O2. The van der Waals surface area contributed by atoms with Crippen LogP contribution in [-0.2, 0) is 4.74 Å². The predicted octanol–water partition coefficient (Wildman–Crippen LogP) is 2.69. The number of benzene rings is 1. The fourth-order valence-corrected chi connectivity index (χ4v) is 2.03. The average Bonchev–Trinajstić information content (AvgIpc) is 2.40. The number of anilines is 1. The van der Waals surface area contributed by atoms with Gasteiger partial charge in [0, 0.05) is 11.7 Å². The van der Waals surface area contributed by atoms with E-state index in [1.54, 1.807) is 0 Å². The van der Waals surface area contributed by atoms with Crippen LogP contribution < -0.4 is 10.6 Å². The number of ether oxygens (including phenoxy) is 1. The van der Waals surface area contributed by atoms with Gasteiger partial charge in [0.25, 0.3) is 0 Å². The molecule has 1 fully saturated rings. The Morgan fingerprint density at radius 1 is 1.39 bits per heavy atom. The van der Waals surface area contributed by atoms with Gasteiger partial charge in [0.1, 0.15) is 6.61 Å². The van der Waals surface area contributed by atoms with Gasteiger partial charge in [-0.3, -0.25) is 5.32 Å². The molecule has 98 valence electrons. The van der Waals surface area contributed by atoms with Gasteiger partial charge in [-0.05, 0) is 38.4 Å². The number of carbonyl (C=O) groups is 1. The third kappa shape index (κ3) is 4.04. The molecule has 4 heteroatoms. The number of piperidine rings is 1. The van der Waals surface area contributed by atoms with E-state index in [4.69, 9.17) is 4.74 Å². The SMILES string of the molecule is Cc1ccc(NC(=O)OCC2CCCCN2)cc1. The van der Waals surface area contributed by atoms with E-state index >= 15 is 0 Å². The summed E-state index contributed by atoms with van der Waals surface area (Å²) in [7, 11) is 0. The van der Waals surface area contributed by atoms with E-state index in [0.29, 0.717) is 12.6 Å². The van der Waals surface area contributed by atoms with Crippen LogP contribution in [0.2, 0.25) is 0 Å². The Kier molecular flexibility index (Phi) is 4.59. The molecule has 1 saturated heterocycles. The molecule has 1 atom stereocenters. The van der Waals surface area contributed by atoms with Gasteiger partial charge in [-0.1, -0.05) is 24.1 Å². The zero-order valence-corrected chi connectivity index (χ0v) is 10.7.